The summed E-state index contributed by atoms with van der Waals surface area (Å²) in [6, 6.07) is 6.87. The molecule has 0 saturated carbocycles. The van der Waals surface area contributed by atoms with Crippen molar-refractivity contribution in [3.63, 3.8) is 0 Å². The molecule has 1 aliphatic heterocycles. The van der Waals surface area contributed by atoms with Gasteiger partial charge in [0.2, 0.25) is 5.88 Å². The number of carboxylic acid groups (broad SMARTS) is 1. The summed E-state index contributed by atoms with van der Waals surface area (Å²) in [6.45, 7) is 1.90. The summed E-state index contributed by atoms with van der Waals surface area (Å²) in [7, 11) is 0. The SMILES string of the molecule is CCCC(C(=O)O)n1c(O)c(/C=C2\C=Nc3ccccc32)sc1=S. The van der Waals surface area contributed by atoms with E-state index in [1.807, 2.05) is 31.2 Å². The second-order valence-electron chi connectivity index (χ2n) is 5.44. The maximum Gasteiger partial charge on any atom is 0.326 e. The molecule has 124 valence electrons. The minimum absolute atomic E-state index is 0.101. The minimum atomic E-state index is -0.993. The third-order valence-electron chi connectivity index (χ3n) is 3.85. The highest BCUT2D eigenvalue weighted by molar-refractivity contribution is 7.73. The summed E-state index contributed by atoms with van der Waals surface area (Å²) in [5.41, 5.74) is 2.72. The number of para-hydroxylation sites is 1. The van der Waals surface area contributed by atoms with Crippen molar-refractivity contribution >= 4 is 53.1 Å². The first-order valence-electron chi connectivity index (χ1n) is 7.55. The highest BCUT2D eigenvalue weighted by Gasteiger charge is 2.25. The Kier molecular flexibility index (Phi) is 4.64. The molecule has 24 heavy (non-hydrogen) atoms. The Morgan fingerprint density at radius 3 is 2.92 bits per heavy atom. The van der Waals surface area contributed by atoms with Crippen molar-refractivity contribution < 1.29 is 15.0 Å². The molecule has 2 N–H and O–H groups in total. The molecule has 2 aromatic rings. The number of aliphatic carboxylic acids is 1. The lowest BCUT2D eigenvalue weighted by Gasteiger charge is -2.14. The molecule has 1 atom stereocenters. The Labute approximate surface area is 148 Å². The number of allylic oxidation sites excluding steroid dienone is 1. The van der Waals surface area contributed by atoms with Crippen LogP contribution in [0.1, 0.15) is 36.2 Å². The smallest absolute Gasteiger partial charge is 0.326 e. The molecule has 1 aromatic heterocycles. The lowest BCUT2D eigenvalue weighted by molar-refractivity contribution is -0.141. The quantitative estimate of drug-likeness (QED) is 0.760. The van der Waals surface area contributed by atoms with Gasteiger partial charge in [-0.25, -0.2) is 4.79 Å². The molecular formula is C17H16N2O3S2. The highest BCUT2D eigenvalue weighted by Crippen LogP contribution is 2.37. The lowest BCUT2D eigenvalue weighted by Crippen LogP contribution is -2.18. The Bertz CT molecular complexity index is 909. The van der Waals surface area contributed by atoms with Gasteiger partial charge < -0.3 is 10.2 Å². The van der Waals surface area contributed by atoms with Crippen molar-refractivity contribution in [2.24, 2.45) is 4.99 Å². The molecular weight excluding hydrogens is 344 g/mol. The zero-order chi connectivity index (χ0) is 17.3. The largest absolute Gasteiger partial charge is 0.493 e. The average molecular weight is 360 g/mol. The molecule has 1 unspecified atom stereocenters. The Hall–Kier alpha value is -2.25. The molecule has 0 bridgehead atoms. The lowest BCUT2D eigenvalue weighted by atomic mass is 10.1. The van der Waals surface area contributed by atoms with Crippen molar-refractivity contribution in [1.82, 2.24) is 4.57 Å². The van der Waals surface area contributed by atoms with Crippen molar-refractivity contribution in [2.45, 2.75) is 25.8 Å². The normalized spacial score (nSPS) is 15.6. The van der Waals surface area contributed by atoms with Gasteiger partial charge in [0, 0.05) is 17.4 Å². The second kappa shape index (κ2) is 6.70. The number of aromatic nitrogens is 1. The van der Waals surface area contributed by atoms with Gasteiger partial charge in [0.05, 0.1) is 10.6 Å². The van der Waals surface area contributed by atoms with Gasteiger partial charge in [-0.3, -0.25) is 9.56 Å². The van der Waals surface area contributed by atoms with E-state index in [1.165, 1.54) is 15.9 Å². The molecule has 2 heterocycles. The molecule has 0 spiro atoms. The van der Waals surface area contributed by atoms with E-state index < -0.39 is 12.0 Å². The zero-order valence-corrected chi connectivity index (χ0v) is 14.6. The molecule has 1 aromatic carbocycles. The summed E-state index contributed by atoms with van der Waals surface area (Å²) in [5.74, 6) is -1.09. The first-order chi connectivity index (χ1) is 11.5. The van der Waals surface area contributed by atoms with Crippen LogP contribution < -0.4 is 0 Å². The molecule has 5 nitrogen and oxygen atoms in total. The maximum absolute atomic E-state index is 11.5. The van der Waals surface area contributed by atoms with Crippen LogP contribution in [0, 0.1) is 3.95 Å². The van der Waals surface area contributed by atoms with E-state index in [1.54, 1.807) is 12.3 Å². The summed E-state index contributed by atoms with van der Waals surface area (Å²) in [4.78, 5) is 16.4. The van der Waals surface area contributed by atoms with Gasteiger partial charge in [-0.2, -0.15) is 0 Å². The summed E-state index contributed by atoms with van der Waals surface area (Å²) < 4.78 is 1.68. The fraction of sp³-hybridized carbons (Fsp3) is 0.235. The average Bonchev–Trinajstić information content (AvgIpc) is 3.08. The third kappa shape index (κ3) is 2.92. The van der Waals surface area contributed by atoms with Crippen LogP contribution in [0.25, 0.3) is 11.6 Å². The number of hydrogen-bond acceptors (Lipinski definition) is 5. The van der Waals surface area contributed by atoms with Gasteiger partial charge in [-0.15, -0.1) is 11.3 Å². The fourth-order valence-electron chi connectivity index (χ4n) is 2.69. The van der Waals surface area contributed by atoms with Gasteiger partial charge in [-0.05, 0) is 30.8 Å². The highest BCUT2D eigenvalue weighted by atomic mass is 32.1. The number of nitrogens with zero attached hydrogens (tertiary/aromatic N) is 2. The van der Waals surface area contributed by atoms with Gasteiger partial charge >= 0.3 is 5.97 Å². The van der Waals surface area contributed by atoms with Crippen molar-refractivity contribution in [3.8, 4) is 5.88 Å². The Balaban J connectivity index is 2.05. The van der Waals surface area contributed by atoms with E-state index in [0.29, 0.717) is 21.7 Å². The van der Waals surface area contributed by atoms with Crippen LogP contribution in [-0.2, 0) is 4.79 Å². The van der Waals surface area contributed by atoms with E-state index >= 15 is 0 Å². The number of benzene rings is 1. The van der Waals surface area contributed by atoms with E-state index in [2.05, 4.69) is 4.99 Å². The van der Waals surface area contributed by atoms with Crippen LogP contribution in [0.5, 0.6) is 5.88 Å². The molecule has 0 saturated heterocycles. The van der Waals surface area contributed by atoms with E-state index in [4.69, 9.17) is 12.2 Å². The first-order valence-corrected chi connectivity index (χ1v) is 8.77. The number of thiazole rings is 1. The van der Waals surface area contributed by atoms with Gasteiger partial charge in [0.25, 0.3) is 0 Å². The van der Waals surface area contributed by atoms with Crippen LogP contribution in [-0.4, -0.2) is 27.0 Å². The van der Waals surface area contributed by atoms with Crippen molar-refractivity contribution in [2.75, 3.05) is 0 Å². The molecule has 0 aliphatic carbocycles. The minimum Gasteiger partial charge on any atom is -0.493 e. The predicted molar refractivity (Wildman–Crippen MR) is 98.9 cm³/mol. The molecule has 0 radical (unpaired) electrons. The molecule has 3 rings (SSSR count). The number of hydrogen-bond donors (Lipinski definition) is 2. The summed E-state index contributed by atoms with van der Waals surface area (Å²) in [5, 5.41) is 19.9. The fourth-order valence-corrected chi connectivity index (χ4v) is 4.05. The number of carbonyl (C=O) groups is 1. The Morgan fingerprint density at radius 2 is 2.21 bits per heavy atom. The first kappa shape index (κ1) is 16.6. The molecule has 0 amide bonds. The van der Waals surface area contributed by atoms with E-state index in [0.717, 1.165) is 16.8 Å². The van der Waals surface area contributed by atoms with Gasteiger partial charge in [-0.1, -0.05) is 31.5 Å². The summed E-state index contributed by atoms with van der Waals surface area (Å²) >= 11 is 6.48. The van der Waals surface area contributed by atoms with Crippen LogP contribution >= 0.6 is 23.6 Å². The van der Waals surface area contributed by atoms with Crippen molar-refractivity contribution in [1.29, 1.82) is 0 Å². The van der Waals surface area contributed by atoms with Crippen LogP contribution in [0.15, 0.2) is 29.3 Å². The number of aromatic hydroxyl groups is 1. The van der Waals surface area contributed by atoms with E-state index in [9.17, 15) is 15.0 Å². The van der Waals surface area contributed by atoms with E-state index in [-0.39, 0.29) is 5.88 Å². The zero-order valence-electron chi connectivity index (χ0n) is 13.0. The number of aliphatic imine (C=N–C) groups is 1. The van der Waals surface area contributed by atoms with Gasteiger partial charge in [0.1, 0.15) is 6.04 Å². The van der Waals surface area contributed by atoms with Crippen LogP contribution in [0.4, 0.5) is 5.69 Å². The number of fused-ring (bicyclic) bond motifs is 1. The Morgan fingerprint density at radius 1 is 1.46 bits per heavy atom. The standard InChI is InChI=1S/C17H16N2O3S2/c1-2-5-13(16(21)22)19-15(20)14(24-17(19)23)8-10-9-18-12-7-4-3-6-11(10)12/h3-4,6-9,13,20H,2,5H2,1H3,(H,21,22)/b10-8+. The predicted octanol–water partition coefficient (Wildman–Crippen LogP) is 4.67. The number of carboxylic acids is 1. The molecule has 1 aliphatic rings. The maximum atomic E-state index is 11.5. The monoisotopic (exact) mass is 360 g/mol. The second-order valence-corrected chi connectivity index (χ2v) is 7.12. The third-order valence-corrected chi connectivity index (χ3v) is 5.18. The van der Waals surface area contributed by atoms with Gasteiger partial charge in [0.15, 0.2) is 3.95 Å². The van der Waals surface area contributed by atoms with Crippen LogP contribution in [0.3, 0.4) is 0 Å². The summed E-state index contributed by atoms with van der Waals surface area (Å²) in [6.07, 6.45) is 4.63. The topological polar surface area (TPSA) is 74.8 Å². The number of rotatable bonds is 5. The van der Waals surface area contributed by atoms with Crippen molar-refractivity contribution in [3.05, 3.63) is 38.7 Å². The molecule has 0 fully saturated rings. The molecule has 7 heteroatoms. The van der Waals surface area contributed by atoms with Crippen LogP contribution in [0.2, 0.25) is 0 Å².